The second-order valence-electron chi connectivity index (χ2n) is 5.55. The lowest BCUT2D eigenvalue weighted by atomic mass is 10.2. The van der Waals surface area contributed by atoms with Gasteiger partial charge in [0.1, 0.15) is 5.75 Å². The van der Waals surface area contributed by atoms with Gasteiger partial charge in [-0.15, -0.1) is 0 Å². The van der Waals surface area contributed by atoms with E-state index in [0.717, 1.165) is 19.5 Å². The Morgan fingerprint density at radius 2 is 1.81 bits per heavy atom. The fourth-order valence-corrected chi connectivity index (χ4v) is 4.13. The normalized spacial score (nSPS) is 19.4. The molecule has 1 N–H and O–H groups in total. The molecule has 1 saturated heterocycles. The number of hydrogen-bond donors (Lipinski definition) is 1. The van der Waals surface area contributed by atoms with Crippen molar-refractivity contribution < 1.29 is 18.1 Å². The number of benzene rings is 1. The van der Waals surface area contributed by atoms with Crippen LogP contribution in [0.25, 0.3) is 0 Å². The molecule has 1 fully saturated rings. The summed E-state index contributed by atoms with van der Waals surface area (Å²) in [5.74, 6) is 0.667. The van der Waals surface area contributed by atoms with Crippen LogP contribution in [-0.4, -0.2) is 52.1 Å². The molecule has 0 aliphatic carbocycles. The van der Waals surface area contributed by atoms with Gasteiger partial charge >= 0.3 is 0 Å². The zero-order valence-corrected chi connectivity index (χ0v) is 13.8. The Hall–Kier alpha value is -1.11. The summed E-state index contributed by atoms with van der Waals surface area (Å²) in [7, 11) is -1.81. The number of ether oxygens (including phenoxy) is 1. The summed E-state index contributed by atoms with van der Waals surface area (Å²) in [4.78, 5) is 1.84. The number of piperazine rings is 1. The molecular weight excluding hydrogens is 288 g/mol. The predicted octanol–water partition coefficient (Wildman–Crippen LogP) is 0.383. The standard InChI is InChI=1S/C15H24N2O3S/c1-4-13(2)16-9-11-17(12-10-16)21(18,19)15-7-5-14(20-3)6-8-15/h5-8,13H,4,9-12H2,1-3H3/p+1/t13-/m0/s1. The van der Waals surface area contributed by atoms with Crippen molar-refractivity contribution >= 4 is 10.0 Å². The summed E-state index contributed by atoms with van der Waals surface area (Å²) in [6.07, 6.45) is 1.13. The fraction of sp³-hybridized carbons (Fsp3) is 0.600. The maximum Gasteiger partial charge on any atom is 0.243 e. The first-order valence-corrected chi connectivity index (χ1v) is 8.91. The molecule has 0 spiro atoms. The van der Waals surface area contributed by atoms with Crippen LogP contribution in [0.1, 0.15) is 20.3 Å². The van der Waals surface area contributed by atoms with Gasteiger partial charge in [-0.2, -0.15) is 4.31 Å². The van der Waals surface area contributed by atoms with Crippen LogP contribution in [0.4, 0.5) is 0 Å². The monoisotopic (exact) mass is 313 g/mol. The van der Waals surface area contributed by atoms with E-state index in [-0.39, 0.29) is 0 Å². The van der Waals surface area contributed by atoms with E-state index < -0.39 is 10.0 Å². The summed E-state index contributed by atoms with van der Waals surface area (Å²) in [6.45, 7) is 7.35. The molecule has 0 aromatic heterocycles. The fourth-order valence-electron chi connectivity index (χ4n) is 2.69. The van der Waals surface area contributed by atoms with Gasteiger partial charge in [-0.25, -0.2) is 8.42 Å². The third kappa shape index (κ3) is 3.56. The van der Waals surface area contributed by atoms with Gasteiger partial charge in [0.2, 0.25) is 10.0 Å². The highest BCUT2D eigenvalue weighted by molar-refractivity contribution is 7.89. The van der Waals surface area contributed by atoms with E-state index >= 15 is 0 Å². The van der Waals surface area contributed by atoms with Gasteiger partial charge in [0.25, 0.3) is 0 Å². The third-order valence-corrected chi connectivity index (χ3v) is 6.28. The highest BCUT2D eigenvalue weighted by Crippen LogP contribution is 2.19. The van der Waals surface area contributed by atoms with Crippen molar-refractivity contribution in [3.8, 4) is 5.75 Å². The molecule has 1 atom stereocenters. The van der Waals surface area contributed by atoms with E-state index in [1.807, 2.05) is 0 Å². The average Bonchev–Trinajstić information content (AvgIpc) is 2.54. The van der Waals surface area contributed by atoms with Crippen LogP contribution in [0, 0.1) is 0 Å². The summed E-state index contributed by atoms with van der Waals surface area (Å²) < 4.78 is 31.9. The van der Waals surface area contributed by atoms with Crippen LogP contribution in [0.2, 0.25) is 0 Å². The van der Waals surface area contributed by atoms with Crippen LogP contribution in [0.3, 0.4) is 0 Å². The summed E-state index contributed by atoms with van der Waals surface area (Å²) in [5, 5.41) is 0. The Morgan fingerprint density at radius 3 is 2.29 bits per heavy atom. The Balaban J connectivity index is 2.07. The van der Waals surface area contributed by atoms with E-state index in [1.165, 1.54) is 4.90 Å². The molecule has 0 saturated carbocycles. The van der Waals surface area contributed by atoms with E-state index in [9.17, 15) is 8.42 Å². The van der Waals surface area contributed by atoms with Crippen LogP contribution in [0.5, 0.6) is 5.75 Å². The van der Waals surface area contributed by atoms with E-state index in [0.29, 0.717) is 29.8 Å². The number of sulfonamides is 1. The number of nitrogens with zero attached hydrogens (tertiary/aromatic N) is 1. The molecule has 1 heterocycles. The minimum atomic E-state index is -3.38. The van der Waals surface area contributed by atoms with Crippen LogP contribution in [0.15, 0.2) is 29.2 Å². The number of quaternary nitrogens is 1. The maximum atomic E-state index is 12.6. The highest BCUT2D eigenvalue weighted by atomic mass is 32.2. The molecule has 118 valence electrons. The second-order valence-corrected chi connectivity index (χ2v) is 7.49. The SMILES string of the molecule is CC[C@H](C)[NH+]1CCN(S(=O)(=O)c2ccc(OC)cc2)CC1. The zero-order valence-electron chi connectivity index (χ0n) is 13.0. The van der Waals surface area contributed by atoms with Gasteiger partial charge in [-0.3, -0.25) is 0 Å². The van der Waals surface area contributed by atoms with E-state index in [2.05, 4.69) is 13.8 Å². The molecule has 6 heteroatoms. The Bertz CT molecular complexity index is 549. The molecule has 1 aliphatic rings. The lowest BCUT2D eigenvalue weighted by Gasteiger charge is -2.34. The van der Waals surface area contributed by atoms with Crippen molar-refractivity contribution in [2.45, 2.75) is 31.2 Å². The molecular formula is C15H25N2O3S+. The number of methoxy groups -OCH3 is 1. The average molecular weight is 313 g/mol. The van der Waals surface area contributed by atoms with Gasteiger partial charge in [0.05, 0.1) is 44.2 Å². The lowest BCUT2D eigenvalue weighted by Crippen LogP contribution is -3.17. The largest absolute Gasteiger partial charge is 0.497 e. The Morgan fingerprint density at radius 1 is 1.24 bits per heavy atom. The van der Waals surface area contributed by atoms with Crippen LogP contribution in [-0.2, 0) is 10.0 Å². The first-order chi connectivity index (χ1) is 9.98. The lowest BCUT2D eigenvalue weighted by molar-refractivity contribution is -0.927. The third-order valence-electron chi connectivity index (χ3n) is 4.37. The first kappa shape index (κ1) is 16.3. The molecule has 2 rings (SSSR count). The Kier molecular flexibility index (Phi) is 5.24. The summed E-state index contributed by atoms with van der Waals surface area (Å²) in [6, 6.07) is 7.20. The molecule has 21 heavy (non-hydrogen) atoms. The molecule has 1 aliphatic heterocycles. The van der Waals surface area contributed by atoms with Crippen molar-refractivity contribution in [1.82, 2.24) is 4.31 Å². The molecule has 0 bridgehead atoms. The van der Waals surface area contributed by atoms with E-state index in [4.69, 9.17) is 4.74 Å². The maximum absolute atomic E-state index is 12.6. The second kappa shape index (κ2) is 6.77. The summed E-state index contributed by atoms with van der Waals surface area (Å²) in [5.41, 5.74) is 0. The molecule has 0 amide bonds. The Labute approximate surface area is 127 Å². The summed E-state index contributed by atoms with van der Waals surface area (Å²) >= 11 is 0. The van der Waals surface area contributed by atoms with Crippen molar-refractivity contribution in [3.63, 3.8) is 0 Å². The first-order valence-electron chi connectivity index (χ1n) is 7.47. The van der Waals surface area contributed by atoms with Crippen molar-refractivity contribution in [2.24, 2.45) is 0 Å². The van der Waals surface area contributed by atoms with Crippen LogP contribution < -0.4 is 9.64 Å². The molecule has 0 unspecified atom stereocenters. The number of rotatable bonds is 5. The van der Waals surface area contributed by atoms with Gasteiger partial charge < -0.3 is 9.64 Å². The number of nitrogens with one attached hydrogen (secondary N) is 1. The van der Waals surface area contributed by atoms with Gasteiger partial charge in [0.15, 0.2) is 0 Å². The van der Waals surface area contributed by atoms with Gasteiger partial charge in [0, 0.05) is 0 Å². The minimum absolute atomic E-state index is 0.343. The highest BCUT2D eigenvalue weighted by Gasteiger charge is 2.31. The number of hydrogen-bond acceptors (Lipinski definition) is 3. The predicted molar refractivity (Wildman–Crippen MR) is 82.2 cm³/mol. The minimum Gasteiger partial charge on any atom is -0.497 e. The van der Waals surface area contributed by atoms with Gasteiger partial charge in [-0.1, -0.05) is 6.92 Å². The van der Waals surface area contributed by atoms with Crippen molar-refractivity contribution in [3.05, 3.63) is 24.3 Å². The topological polar surface area (TPSA) is 51.0 Å². The molecule has 0 radical (unpaired) electrons. The van der Waals surface area contributed by atoms with Gasteiger partial charge in [-0.05, 0) is 37.6 Å². The van der Waals surface area contributed by atoms with Crippen molar-refractivity contribution in [2.75, 3.05) is 33.3 Å². The molecule has 5 nitrogen and oxygen atoms in total. The van der Waals surface area contributed by atoms with E-state index in [1.54, 1.807) is 35.7 Å². The zero-order chi connectivity index (χ0) is 15.5. The molecule has 1 aromatic rings. The van der Waals surface area contributed by atoms with Crippen LogP contribution >= 0.6 is 0 Å². The molecule has 1 aromatic carbocycles. The smallest absolute Gasteiger partial charge is 0.243 e. The van der Waals surface area contributed by atoms with Crippen molar-refractivity contribution in [1.29, 1.82) is 0 Å². The quantitative estimate of drug-likeness (QED) is 0.855.